The van der Waals surface area contributed by atoms with Gasteiger partial charge in [-0.15, -0.1) is 0 Å². The molecule has 0 radical (unpaired) electrons. The van der Waals surface area contributed by atoms with E-state index < -0.39 is 25.7 Å². The Labute approximate surface area is 126 Å². The zero-order valence-electron chi connectivity index (χ0n) is 7.44. The zero-order valence-corrected chi connectivity index (χ0v) is 12.0. The van der Waals surface area contributed by atoms with Gasteiger partial charge >= 0.3 is 21.4 Å². The van der Waals surface area contributed by atoms with Crippen LogP contribution in [0.3, 0.4) is 0 Å². The highest BCUT2D eigenvalue weighted by Crippen LogP contribution is 2.56. The minimum Gasteiger partial charge on any atom is -0.276 e. The third-order valence-corrected chi connectivity index (χ3v) is 3.79. The van der Waals surface area contributed by atoms with Crippen LogP contribution in [0.4, 0.5) is 26.3 Å². The van der Waals surface area contributed by atoms with E-state index in [0.717, 1.165) is 0 Å². The molecule has 2 atom stereocenters. The summed E-state index contributed by atoms with van der Waals surface area (Å²) >= 11 is 27.0. The molecule has 0 fully saturated rings. The van der Waals surface area contributed by atoms with Crippen LogP contribution >= 0.6 is 69.6 Å². The summed E-state index contributed by atoms with van der Waals surface area (Å²) in [7, 11) is 0. The average Bonchev–Trinajstić information content (AvgIpc) is 1.96. The number of halogens is 12. The third kappa shape index (κ3) is 3.90. The topological polar surface area (TPSA) is 9.23 Å². The van der Waals surface area contributed by atoms with Crippen LogP contribution in [0.2, 0.25) is 0 Å². The van der Waals surface area contributed by atoms with E-state index in [1.165, 1.54) is 0 Å². The van der Waals surface area contributed by atoms with Gasteiger partial charge in [0.1, 0.15) is 0 Å². The van der Waals surface area contributed by atoms with Crippen molar-refractivity contribution < 1.29 is 31.1 Å². The summed E-state index contributed by atoms with van der Waals surface area (Å²) in [6.07, 6.45) is -5.71. The Hall–Kier alpha value is 1.28. The first kappa shape index (κ1) is 19.3. The van der Waals surface area contributed by atoms with Crippen molar-refractivity contribution >= 4 is 69.6 Å². The summed E-state index contributed by atoms with van der Waals surface area (Å²) in [6, 6.07) is 0. The first-order valence-corrected chi connectivity index (χ1v) is 5.69. The Morgan fingerprint density at radius 3 is 1.17 bits per heavy atom. The molecule has 18 heavy (non-hydrogen) atoms. The van der Waals surface area contributed by atoms with Crippen molar-refractivity contribution in [2.24, 2.45) is 0 Å². The molecule has 0 heterocycles. The molecule has 0 aliphatic carbocycles. The largest absolute Gasteiger partial charge is 0.428 e. The fourth-order valence-electron chi connectivity index (χ4n) is 0.448. The maximum Gasteiger partial charge on any atom is 0.428 e. The van der Waals surface area contributed by atoms with Gasteiger partial charge in [-0.1, -0.05) is 46.4 Å². The maximum atomic E-state index is 13.3. The normalized spacial score (nSPS) is 21.3. The highest BCUT2D eigenvalue weighted by Gasteiger charge is 2.72. The molecule has 0 saturated carbocycles. The van der Waals surface area contributed by atoms with Gasteiger partial charge < -0.3 is 0 Å². The molecule has 0 aliphatic heterocycles. The molecule has 0 aromatic carbocycles. The average molecular weight is 403 g/mol. The quantitative estimate of drug-likeness (QED) is 0.441. The van der Waals surface area contributed by atoms with E-state index in [1.54, 1.807) is 0 Å². The molecular formula is C5Cl6F6O. The molecule has 2 unspecified atom stereocenters. The van der Waals surface area contributed by atoms with Crippen LogP contribution in [-0.2, 0) is 4.74 Å². The predicted molar refractivity (Wildman–Crippen MR) is 56.5 cm³/mol. The van der Waals surface area contributed by atoms with Crippen LogP contribution in [0.15, 0.2) is 0 Å². The zero-order chi connectivity index (χ0) is 15.2. The molecule has 110 valence electrons. The van der Waals surface area contributed by atoms with Gasteiger partial charge in [-0.3, -0.25) is 4.74 Å². The number of alkyl halides is 12. The summed E-state index contributed by atoms with van der Waals surface area (Å²) in [5.74, 6) is 0. The van der Waals surface area contributed by atoms with Crippen LogP contribution in [-0.4, -0.2) is 25.7 Å². The standard InChI is InChI=1S/C5Cl6F6O/c6-1(7,5(15,16)17)3(10,13)18-4(11,14)2(8,9)12. The van der Waals surface area contributed by atoms with Crippen LogP contribution in [0.1, 0.15) is 0 Å². The minimum atomic E-state index is -5.71. The van der Waals surface area contributed by atoms with E-state index in [1.807, 2.05) is 0 Å². The van der Waals surface area contributed by atoms with E-state index in [2.05, 4.69) is 74.3 Å². The fraction of sp³-hybridized carbons (Fsp3) is 1.00. The lowest BCUT2D eigenvalue weighted by molar-refractivity contribution is -0.260. The molecule has 0 bridgehead atoms. The first-order chi connectivity index (χ1) is 7.46. The molecule has 0 N–H and O–H groups in total. The van der Waals surface area contributed by atoms with Gasteiger partial charge in [-0.05, 0) is 23.2 Å². The number of rotatable bonds is 4. The van der Waals surface area contributed by atoms with E-state index in [0.29, 0.717) is 0 Å². The van der Waals surface area contributed by atoms with Crippen LogP contribution in [0.25, 0.3) is 0 Å². The molecular weight excluding hydrogens is 403 g/mol. The highest BCUT2D eigenvalue weighted by atomic mass is 35.5. The van der Waals surface area contributed by atoms with Gasteiger partial charge in [0.15, 0.2) is 0 Å². The van der Waals surface area contributed by atoms with Crippen molar-refractivity contribution in [1.29, 1.82) is 0 Å². The second kappa shape index (κ2) is 5.24. The van der Waals surface area contributed by atoms with Gasteiger partial charge in [0, 0.05) is 0 Å². The predicted octanol–water partition coefficient (Wildman–Crippen LogP) is 5.56. The number of hydrogen-bond donors (Lipinski definition) is 0. The molecule has 0 aliphatic rings. The summed E-state index contributed by atoms with van der Waals surface area (Å²) < 4.78 is 70.3. The SMILES string of the molecule is FC(F)(F)C(Cl)(Cl)C(F)(Cl)OC(F)(Cl)C(F)(Cl)Cl. The van der Waals surface area contributed by atoms with E-state index in [-0.39, 0.29) is 0 Å². The highest BCUT2D eigenvalue weighted by molar-refractivity contribution is 6.54. The van der Waals surface area contributed by atoms with Crippen LogP contribution in [0, 0.1) is 0 Å². The molecule has 0 aromatic rings. The number of hydrogen-bond acceptors (Lipinski definition) is 1. The lowest BCUT2D eigenvalue weighted by Crippen LogP contribution is -2.55. The van der Waals surface area contributed by atoms with E-state index in [9.17, 15) is 26.3 Å². The second-order valence-corrected chi connectivity index (χ2v) is 6.24. The van der Waals surface area contributed by atoms with Gasteiger partial charge in [0.2, 0.25) is 0 Å². The monoisotopic (exact) mass is 400 g/mol. The smallest absolute Gasteiger partial charge is 0.276 e. The maximum absolute atomic E-state index is 13.3. The van der Waals surface area contributed by atoms with Crippen molar-refractivity contribution in [1.82, 2.24) is 0 Å². The van der Waals surface area contributed by atoms with Crippen molar-refractivity contribution in [3.63, 3.8) is 0 Å². The van der Waals surface area contributed by atoms with E-state index in [4.69, 9.17) is 0 Å². The lowest BCUT2D eigenvalue weighted by Gasteiger charge is -2.36. The van der Waals surface area contributed by atoms with Crippen molar-refractivity contribution in [2.45, 2.75) is 25.7 Å². The minimum absolute atomic E-state index is 3.16. The van der Waals surface area contributed by atoms with Crippen molar-refractivity contribution in [3.8, 4) is 0 Å². The molecule has 0 aromatic heterocycles. The molecule has 1 nitrogen and oxygen atoms in total. The lowest BCUT2D eigenvalue weighted by atomic mass is 10.4. The Morgan fingerprint density at radius 2 is 0.944 bits per heavy atom. The molecule has 0 spiro atoms. The van der Waals surface area contributed by atoms with Crippen LogP contribution < -0.4 is 0 Å². The molecule has 13 heteroatoms. The Balaban J connectivity index is 5.33. The molecule has 0 amide bonds. The van der Waals surface area contributed by atoms with Gasteiger partial charge in [0.25, 0.3) is 4.33 Å². The second-order valence-electron chi connectivity index (χ2n) is 2.71. The summed E-state index contributed by atoms with van der Waals surface area (Å²) in [4.78, 5) is 0. The van der Waals surface area contributed by atoms with Crippen molar-refractivity contribution in [3.05, 3.63) is 0 Å². The Morgan fingerprint density at radius 1 is 0.611 bits per heavy atom. The summed E-state index contributed by atoms with van der Waals surface area (Å²) in [5, 5.41) is -9.21. The molecule has 0 saturated heterocycles. The fourth-order valence-corrected chi connectivity index (χ4v) is 0.962. The summed E-state index contributed by atoms with van der Waals surface area (Å²) in [6.45, 7) is 0. The van der Waals surface area contributed by atoms with E-state index >= 15 is 0 Å². The van der Waals surface area contributed by atoms with Crippen LogP contribution in [0.5, 0.6) is 0 Å². The summed E-state index contributed by atoms with van der Waals surface area (Å²) in [5.41, 5.74) is 0. The molecule has 0 rings (SSSR count). The van der Waals surface area contributed by atoms with Gasteiger partial charge in [-0.25, -0.2) is 0 Å². The Bertz CT molecular complexity index is 309. The van der Waals surface area contributed by atoms with Gasteiger partial charge in [-0.2, -0.15) is 26.3 Å². The third-order valence-electron chi connectivity index (χ3n) is 1.31. The first-order valence-electron chi connectivity index (χ1n) is 3.43. The number of ether oxygens (including phenoxy) is 1. The Kier molecular flexibility index (Phi) is 5.61. The van der Waals surface area contributed by atoms with Crippen molar-refractivity contribution in [2.75, 3.05) is 0 Å². The van der Waals surface area contributed by atoms with Gasteiger partial charge in [0.05, 0.1) is 0 Å².